The molecule has 0 aliphatic heterocycles. The predicted octanol–water partition coefficient (Wildman–Crippen LogP) is 5.00. The number of anilines is 3. The summed E-state index contributed by atoms with van der Waals surface area (Å²) in [5.41, 5.74) is 4.59. The van der Waals surface area contributed by atoms with Crippen molar-refractivity contribution in [3.05, 3.63) is 84.2 Å². The van der Waals surface area contributed by atoms with E-state index >= 15 is 0 Å². The highest BCUT2D eigenvalue weighted by Crippen LogP contribution is 2.23. The third-order valence-electron chi connectivity index (χ3n) is 5.51. The van der Waals surface area contributed by atoms with Crippen LogP contribution in [0.3, 0.4) is 0 Å². The summed E-state index contributed by atoms with van der Waals surface area (Å²) in [6.45, 7) is 1.46. The van der Waals surface area contributed by atoms with Crippen LogP contribution in [-0.4, -0.2) is 48.6 Å². The monoisotopic (exact) mass is 470 g/mol. The first-order chi connectivity index (χ1) is 17.0. The third-order valence-corrected chi connectivity index (χ3v) is 5.51. The lowest BCUT2D eigenvalue weighted by molar-refractivity contribution is 0.262. The van der Waals surface area contributed by atoms with E-state index in [1.807, 2.05) is 80.8 Å². The second kappa shape index (κ2) is 11.3. The van der Waals surface area contributed by atoms with Crippen LogP contribution in [0, 0.1) is 0 Å². The van der Waals surface area contributed by atoms with Crippen molar-refractivity contribution in [2.75, 3.05) is 43.7 Å². The molecule has 2 amide bonds. The Bertz CT molecular complexity index is 1290. The summed E-state index contributed by atoms with van der Waals surface area (Å²) >= 11 is 0. The topological polar surface area (TPSA) is 91.4 Å². The molecule has 1 aromatic heterocycles. The van der Waals surface area contributed by atoms with Crippen LogP contribution in [0.5, 0.6) is 5.75 Å². The smallest absolute Gasteiger partial charge is 0.323 e. The lowest BCUT2D eigenvalue weighted by Gasteiger charge is -2.15. The lowest BCUT2D eigenvalue weighted by Crippen LogP contribution is -2.21. The minimum atomic E-state index is -0.266. The number of carbonyl (C=O) groups is 1. The molecule has 4 aromatic rings. The number of benzene rings is 3. The maximum absolute atomic E-state index is 12.5. The van der Waals surface area contributed by atoms with E-state index < -0.39 is 0 Å². The van der Waals surface area contributed by atoms with Gasteiger partial charge >= 0.3 is 6.03 Å². The number of fused-ring (bicyclic) bond motifs is 1. The van der Waals surface area contributed by atoms with Crippen LogP contribution in [0.1, 0.15) is 11.1 Å². The fraction of sp³-hybridized carbons (Fsp3) is 0.222. The average molecular weight is 471 g/mol. The predicted molar refractivity (Wildman–Crippen MR) is 141 cm³/mol. The highest BCUT2D eigenvalue weighted by atomic mass is 16.5. The van der Waals surface area contributed by atoms with Crippen LogP contribution in [0.4, 0.5) is 22.0 Å². The number of urea groups is 1. The number of carbonyl (C=O) groups excluding carboxylic acids is 1. The number of nitrogens with zero attached hydrogens (tertiary/aromatic N) is 3. The van der Waals surface area contributed by atoms with Crippen LogP contribution in [0.2, 0.25) is 0 Å². The number of aromatic nitrogens is 2. The molecule has 180 valence electrons. The molecule has 0 bridgehead atoms. The molecular weight excluding hydrogens is 440 g/mol. The van der Waals surface area contributed by atoms with E-state index in [-0.39, 0.29) is 6.03 Å². The lowest BCUT2D eigenvalue weighted by atomic mass is 10.1. The molecule has 35 heavy (non-hydrogen) atoms. The summed E-state index contributed by atoms with van der Waals surface area (Å²) in [4.78, 5) is 23.3. The van der Waals surface area contributed by atoms with Gasteiger partial charge in [-0.05, 0) is 62.0 Å². The number of hydrogen-bond acceptors (Lipinski definition) is 6. The Morgan fingerprint density at radius 3 is 2.54 bits per heavy atom. The maximum Gasteiger partial charge on any atom is 0.323 e. The Balaban J connectivity index is 1.30. The average Bonchev–Trinajstić information content (AvgIpc) is 2.85. The molecule has 0 fully saturated rings. The molecule has 1 heterocycles. The Morgan fingerprint density at radius 1 is 0.971 bits per heavy atom. The Kier molecular flexibility index (Phi) is 7.74. The van der Waals surface area contributed by atoms with Gasteiger partial charge < -0.3 is 25.6 Å². The first-order valence-corrected chi connectivity index (χ1v) is 11.4. The van der Waals surface area contributed by atoms with Crippen molar-refractivity contribution < 1.29 is 9.53 Å². The molecule has 0 saturated carbocycles. The minimum Gasteiger partial charge on any atom is -0.497 e. The second-order valence-electron chi connectivity index (χ2n) is 8.45. The van der Waals surface area contributed by atoms with Gasteiger partial charge in [0.05, 0.1) is 12.6 Å². The summed E-state index contributed by atoms with van der Waals surface area (Å²) in [6.07, 6.45) is 2.36. The molecule has 3 N–H and O–H groups in total. The van der Waals surface area contributed by atoms with Crippen LogP contribution in [0.15, 0.2) is 73.1 Å². The van der Waals surface area contributed by atoms with Gasteiger partial charge in [-0.15, -0.1) is 0 Å². The normalized spacial score (nSPS) is 10.9. The number of para-hydroxylation sites is 1. The molecule has 0 aliphatic rings. The van der Waals surface area contributed by atoms with Crippen LogP contribution < -0.4 is 20.7 Å². The van der Waals surface area contributed by atoms with Crippen molar-refractivity contribution >= 4 is 34.1 Å². The van der Waals surface area contributed by atoms with Crippen molar-refractivity contribution in [2.24, 2.45) is 0 Å². The molecule has 3 aromatic carbocycles. The van der Waals surface area contributed by atoms with E-state index in [0.717, 1.165) is 57.9 Å². The number of nitrogens with one attached hydrogen (secondary N) is 3. The van der Waals surface area contributed by atoms with E-state index in [4.69, 9.17) is 4.74 Å². The molecule has 8 nitrogen and oxygen atoms in total. The Labute approximate surface area is 205 Å². The summed E-state index contributed by atoms with van der Waals surface area (Å²) in [7, 11) is 5.64. The fourth-order valence-electron chi connectivity index (χ4n) is 3.79. The molecule has 0 unspecified atom stereocenters. The van der Waals surface area contributed by atoms with Gasteiger partial charge in [0.2, 0.25) is 0 Å². The summed E-state index contributed by atoms with van der Waals surface area (Å²) in [5, 5.41) is 10.2. The molecule has 0 saturated heterocycles. The quantitative estimate of drug-likeness (QED) is 0.319. The number of methoxy groups -OCH3 is 1. The molecule has 0 atom stereocenters. The van der Waals surface area contributed by atoms with Crippen LogP contribution >= 0.6 is 0 Å². The molecular formula is C27H30N6O2. The maximum atomic E-state index is 12.5. The van der Waals surface area contributed by atoms with Gasteiger partial charge in [-0.2, -0.15) is 0 Å². The summed E-state index contributed by atoms with van der Waals surface area (Å²) < 4.78 is 5.27. The zero-order valence-electron chi connectivity index (χ0n) is 20.2. The van der Waals surface area contributed by atoms with Gasteiger partial charge in [0.1, 0.15) is 17.9 Å². The molecule has 4 rings (SSSR count). The van der Waals surface area contributed by atoms with Gasteiger partial charge in [-0.3, -0.25) is 0 Å². The zero-order chi connectivity index (χ0) is 24.6. The number of amides is 2. The Morgan fingerprint density at radius 2 is 1.77 bits per heavy atom. The number of ether oxygens (including phenoxy) is 1. The second-order valence-corrected chi connectivity index (χ2v) is 8.45. The SMILES string of the molecule is COc1ccc2c(NCCc3ccc(NC(=O)Nc4ccccc4CN(C)C)cc3)ncnc2c1. The van der Waals surface area contributed by atoms with Gasteiger partial charge in [0.15, 0.2) is 0 Å². The van der Waals surface area contributed by atoms with E-state index in [2.05, 4.69) is 30.8 Å². The highest BCUT2D eigenvalue weighted by Gasteiger charge is 2.08. The first kappa shape index (κ1) is 24.0. The fourth-order valence-corrected chi connectivity index (χ4v) is 3.79. The van der Waals surface area contributed by atoms with Gasteiger partial charge in [-0.25, -0.2) is 14.8 Å². The number of hydrogen-bond donors (Lipinski definition) is 3. The van der Waals surface area contributed by atoms with Gasteiger partial charge in [0, 0.05) is 35.9 Å². The third kappa shape index (κ3) is 6.45. The zero-order valence-corrected chi connectivity index (χ0v) is 20.2. The molecule has 0 spiro atoms. The van der Waals surface area contributed by atoms with Crippen molar-refractivity contribution in [3.8, 4) is 5.75 Å². The van der Waals surface area contributed by atoms with Gasteiger partial charge in [-0.1, -0.05) is 30.3 Å². The van der Waals surface area contributed by atoms with E-state index in [9.17, 15) is 4.79 Å². The van der Waals surface area contributed by atoms with Crippen LogP contribution in [-0.2, 0) is 13.0 Å². The largest absolute Gasteiger partial charge is 0.497 e. The molecule has 8 heteroatoms. The van der Waals surface area contributed by atoms with Gasteiger partial charge in [0.25, 0.3) is 0 Å². The van der Waals surface area contributed by atoms with Crippen molar-refractivity contribution in [3.63, 3.8) is 0 Å². The highest BCUT2D eigenvalue weighted by molar-refractivity contribution is 6.00. The Hall–Kier alpha value is -4.17. The standard InChI is InChI=1S/C27H30N6O2/c1-33(2)17-20-6-4-5-7-24(20)32-27(34)31-21-10-8-19(9-11-21)14-15-28-26-23-13-12-22(35-3)16-25(23)29-18-30-26/h4-13,16,18H,14-15,17H2,1-3H3,(H,28,29,30)(H2,31,32,34). The molecule has 0 radical (unpaired) electrons. The van der Waals surface area contributed by atoms with Crippen LogP contribution in [0.25, 0.3) is 10.9 Å². The van der Waals surface area contributed by atoms with E-state index in [0.29, 0.717) is 6.54 Å². The van der Waals surface area contributed by atoms with E-state index in [1.54, 1.807) is 13.4 Å². The van der Waals surface area contributed by atoms with E-state index in [1.165, 1.54) is 0 Å². The molecule has 0 aliphatic carbocycles. The van der Waals surface area contributed by atoms with Crippen molar-refractivity contribution in [1.82, 2.24) is 14.9 Å². The van der Waals surface area contributed by atoms with Crippen molar-refractivity contribution in [1.29, 1.82) is 0 Å². The minimum absolute atomic E-state index is 0.266. The summed E-state index contributed by atoms with van der Waals surface area (Å²) in [6, 6.07) is 21.1. The number of rotatable bonds is 9. The summed E-state index contributed by atoms with van der Waals surface area (Å²) in [5.74, 6) is 1.56. The van der Waals surface area contributed by atoms with Crippen molar-refractivity contribution in [2.45, 2.75) is 13.0 Å². The first-order valence-electron chi connectivity index (χ1n) is 11.4.